The summed E-state index contributed by atoms with van der Waals surface area (Å²) in [6.45, 7) is 3.84. The van der Waals surface area contributed by atoms with Gasteiger partial charge >= 0.3 is 18.0 Å². The maximum absolute atomic E-state index is 11.6. The van der Waals surface area contributed by atoms with Crippen LogP contribution in [-0.2, 0) is 14.3 Å². The summed E-state index contributed by atoms with van der Waals surface area (Å²) in [6, 6.07) is -1.43. The Hall–Kier alpha value is -1.79. The van der Waals surface area contributed by atoms with E-state index in [4.69, 9.17) is 9.84 Å². The van der Waals surface area contributed by atoms with Gasteiger partial charge in [0, 0.05) is 13.6 Å². The fourth-order valence-electron chi connectivity index (χ4n) is 1.19. The number of nitrogens with zero attached hydrogens (tertiary/aromatic N) is 1. The predicted octanol–water partition coefficient (Wildman–Crippen LogP) is 0.444. The molecule has 0 fully saturated rings. The Morgan fingerprint density at radius 2 is 1.94 bits per heavy atom. The van der Waals surface area contributed by atoms with Crippen LogP contribution in [0.1, 0.15) is 26.7 Å². The Morgan fingerprint density at radius 1 is 1.33 bits per heavy atom. The zero-order chi connectivity index (χ0) is 14.1. The smallest absolute Gasteiger partial charge is 0.326 e. The highest BCUT2D eigenvalue weighted by Gasteiger charge is 2.19. The van der Waals surface area contributed by atoms with Crippen LogP contribution < -0.4 is 5.32 Å². The molecule has 7 nitrogen and oxygen atoms in total. The molecule has 0 spiro atoms. The number of carbonyl (C=O) groups excluding carboxylic acids is 2. The number of hydrogen-bond acceptors (Lipinski definition) is 4. The quantitative estimate of drug-likeness (QED) is 0.648. The lowest BCUT2D eigenvalue weighted by Gasteiger charge is -2.20. The molecule has 1 unspecified atom stereocenters. The number of esters is 1. The van der Waals surface area contributed by atoms with Gasteiger partial charge < -0.3 is 20.1 Å². The van der Waals surface area contributed by atoms with Gasteiger partial charge in [0.05, 0.1) is 13.0 Å². The molecule has 0 aromatic carbocycles. The van der Waals surface area contributed by atoms with E-state index in [1.165, 1.54) is 11.9 Å². The molecule has 18 heavy (non-hydrogen) atoms. The molecule has 0 heterocycles. The van der Waals surface area contributed by atoms with Gasteiger partial charge in [-0.2, -0.15) is 0 Å². The standard InChI is InChI=1S/C11H20N2O5/c1-4-8(10(15)16)12-11(17)13(3)7-6-9(14)18-5-2/h8H,4-7H2,1-3H3,(H,12,17)(H,15,16). The maximum atomic E-state index is 11.6. The van der Waals surface area contributed by atoms with Gasteiger partial charge in [0.1, 0.15) is 6.04 Å². The third kappa shape index (κ3) is 6.07. The first-order valence-electron chi connectivity index (χ1n) is 5.82. The van der Waals surface area contributed by atoms with E-state index in [2.05, 4.69) is 5.32 Å². The van der Waals surface area contributed by atoms with E-state index in [0.717, 1.165) is 0 Å². The molecular weight excluding hydrogens is 240 g/mol. The lowest BCUT2D eigenvalue weighted by atomic mass is 10.2. The van der Waals surface area contributed by atoms with Gasteiger partial charge in [0.25, 0.3) is 0 Å². The topological polar surface area (TPSA) is 95.9 Å². The molecule has 0 radical (unpaired) electrons. The third-order valence-corrected chi connectivity index (χ3v) is 2.31. The first-order chi connectivity index (χ1) is 8.42. The van der Waals surface area contributed by atoms with Crippen molar-refractivity contribution in [3.05, 3.63) is 0 Å². The average Bonchev–Trinajstić information content (AvgIpc) is 2.32. The van der Waals surface area contributed by atoms with Crippen LogP contribution >= 0.6 is 0 Å². The molecule has 0 aliphatic carbocycles. The minimum atomic E-state index is -1.08. The van der Waals surface area contributed by atoms with Crippen LogP contribution in [0.15, 0.2) is 0 Å². The molecule has 2 N–H and O–H groups in total. The lowest BCUT2D eigenvalue weighted by Crippen LogP contribution is -2.46. The van der Waals surface area contributed by atoms with Gasteiger partial charge in [0.15, 0.2) is 0 Å². The zero-order valence-corrected chi connectivity index (χ0v) is 10.9. The van der Waals surface area contributed by atoms with Crippen molar-refractivity contribution < 1.29 is 24.2 Å². The number of urea groups is 1. The monoisotopic (exact) mass is 260 g/mol. The first-order valence-corrected chi connectivity index (χ1v) is 5.82. The Kier molecular flexibility index (Phi) is 7.50. The average molecular weight is 260 g/mol. The van der Waals surface area contributed by atoms with Crippen molar-refractivity contribution in [3.8, 4) is 0 Å². The number of rotatable bonds is 7. The predicted molar refractivity (Wildman–Crippen MR) is 64.1 cm³/mol. The molecule has 0 aliphatic heterocycles. The van der Waals surface area contributed by atoms with Crippen LogP contribution in [-0.4, -0.2) is 54.2 Å². The van der Waals surface area contributed by atoms with Crippen molar-refractivity contribution in [3.63, 3.8) is 0 Å². The van der Waals surface area contributed by atoms with Gasteiger partial charge in [-0.15, -0.1) is 0 Å². The van der Waals surface area contributed by atoms with Crippen molar-refractivity contribution in [2.24, 2.45) is 0 Å². The second kappa shape index (κ2) is 8.32. The molecule has 2 amide bonds. The molecule has 0 rings (SSSR count). The van der Waals surface area contributed by atoms with Crippen LogP contribution in [0, 0.1) is 0 Å². The van der Waals surface area contributed by atoms with Crippen LogP contribution in [0.5, 0.6) is 0 Å². The molecule has 0 aromatic rings. The highest BCUT2D eigenvalue weighted by atomic mass is 16.5. The zero-order valence-electron chi connectivity index (χ0n) is 10.9. The molecule has 0 saturated carbocycles. The van der Waals surface area contributed by atoms with Crippen LogP contribution in [0.3, 0.4) is 0 Å². The van der Waals surface area contributed by atoms with Crippen molar-refractivity contribution in [2.75, 3.05) is 20.2 Å². The Bertz CT molecular complexity index is 306. The number of carboxylic acids is 1. The largest absolute Gasteiger partial charge is 0.480 e. The number of carboxylic acid groups (broad SMARTS) is 1. The first kappa shape index (κ1) is 16.2. The van der Waals surface area contributed by atoms with E-state index in [9.17, 15) is 14.4 Å². The van der Waals surface area contributed by atoms with Gasteiger partial charge in [-0.3, -0.25) is 4.79 Å². The summed E-state index contributed by atoms with van der Waals surface area (Å²) in [4.78, 5) is 34.7. The molecule has 0 aliphatic rings. The van der Waals surface area contributed by atoms with Crippen molar-refractivity contribution >= 4 is 18.0 Å². The van der Waals surface area contributed by atoms with E-state index in [1.54, 1.807) is 13.8 Å². The number of carbonyl (C=O) groups is 3. The number of aliphatic carboxylic acids is 1. The molecule has 1 atom stereocenters. The van der Waals surface area contributed by atoms with Crippen LogP contribution in [0.25, 0.3) is 0 Å². The Morgan fingerprint density at radius 3 is 2.39 bits per heavy atom. The second-order valence-electron chi connectivity index (χ2n) is 3.73. The summed E-state index contributed by atoms with van der Waals surface area (Å²) in [5.41, 5.74) is 0. The maximum Gasteiger partial charge on any atom is 0.326 e. The Balaban J connectivity index is 4.10. The molecule has 104 valence electrons. The van der Waals surface area contributed by atoms with E-state index in [1.807, 2.05) is 0 Å². The van der Waals surface area contributed by atoms with Crippen molar-refractivity contribution in [2.45, 2.75) is 32.7 Å². The number of nitrogens with one attached hydrogen (secondary N) is 1. The van der Waals surface area contributed by atoms with E-state index < -0.39 is 18.0 Å². The molecule has 7 heteroatoms. The summed E-state index contributed by atoms with van der Waals surface area (Å²) in [5, 5.41) is 11.1. The number of ether oxygens (including phenoxy) is 1. The lowest BCUT2D eigenvalue weighted by molar-refractivity contribution is -0.143. The van der Waals surface area contributed by atoms with Gasteiger partial charge in [-0.05, 0) is 13.3 Å². The summed E-state index contributed by atoms with van der Waals surface area (Å²) in [7, 11) is 1.49. The van der Waals surface area contributed by atoms with E-state index in [-0.39, 0.29) is 18.9 Å². The summed E-state index contributed by atoms with van der Waals surface area (Å²) in [6.07, 6.45) is 0.383. The number of amides is 2. The van der Waals surface area contributed by atoms with Gasteiger partial charge in [0.2, 0.25) is 0 Å². The minimum absolute atomic E-state index is 0.0849. The van der Waals surface area contributed by atoms with Crippen molar-refractivity contribution in [1.29, 1.82) is 0 Å². The fraction of sp³-hybridized carbons (Fsp3) is 0.727. The third-order valence-electron chi connectivity index (χ3n) is 2.31. The molecular formula is C11H20N2O5. The Labute approximate surface area is 106 Å². The second-order valence-corrected chi connectivity index (χ2v) is 3.73. The van der Waals surface area contributed by atoms with E-state index in [0.29, 0.717) is 13.0 Å². The summed E-state index contributed by atoms with van der Waals surface area (Å²) in [5.74, 6) is -1.47. The SMILES string of the molecule is CCOC(=O)CCN(C)C(=O)NC(CC)C(=O)O. The molecule has 0 bridgehead atoms. The molecule has 0 aromatic heterocycles. The van der Waals surface area contributed by atoms with Crippen LogP contribution in [0.4, 0.5) is 4.79 Å². The van der Waals surface area contributed by atoms with Crippen LogP contribution in [0.2, 0.25) is 0 Å². The minimum Gasteiger partial charge on any atom is -0.480 e. The van der Waals surface area contributed by atoms with Gasteiger partial charge in [-0.1, -0.05) is 6.92 Å². The molecule has 0 saturated heterocycles. The normalized spacial score (nSPS) is 11.5. The highest BCUT2D eigenvalue weighted by Crippen LogP contribution is 1.96. The van der Waals surface area contributed by atoms with E-state index >= 15 is 0 Å². The summed E-state index contributed by atoms with van der Waals surface area (Å²) < 4.78 is 4.72. The fourth-order valence-corrected chi connectivity index (χ4v) is 1.19. The number of hydrogen-bond donors (Lipinski definition) is 2. The van der Waals surface area contributed by atoms with Crippen molar-refractivity contribution in [1.82, 2.24) is 10.2 Å². The van der Waals surface area contributed by atoms with Gasteiger partial charge in [-0.25, -0.2) is 9.59 Å². The summed E-state index contributed by atoms with van der Waals surface area (Å²) >= 11 is 0. The highest BCUT2D eigenvalue weighted by molar-refractivity contribution is 5.82.